The van der Waals surface area contributed by atoms with Crippen molar-refractivity contribution in [3.8, 4) is 0 Å². The highest BCUT2D eigenvalue weighted by Crippen LogP contribution is 2.53. The van der Waals surface area contributed by atoms with Crippen LogP contribution in [0.15, 0.2) is 0 Å². The number of hydrogen-bond donors (Lipinski definition) is 0. The zero-order valence-electron chi connectivity index (χ0n) is 12.4. The summed E-state index contributed by atoms with van der Waals surface area (Å²) in [5.74, 6) is 0. The molecule has 0 saturated carbocycles. The Kier molecular flexibility index (Phi) is 8.31. The normalized spacial score (nSPS) is 13.0. The molecule has 0 bridgehead atoms. The molecule has 0 aliphatic carbocycles. The van der Waals surface area contributed by atoms with Crippen LogP contribution in [0.4, 0.5) is 0 Å². The van der Waals surface area contributed by atoms with E-state index in [0.29, 0.717) is 0 Å². The second kappa shape index (κ2) is 8.25. The molecule has 5 heteroatoms. The molecule has 4 nitrogen and oxygen atoms in total. The van der Waals surface area contributed by atoms with Crippen molar-refractivity contribution in [3.05, 3.63) is 0 Å². The van der Waals surface area contributed by atoms with Gasteiger partial charge >= 0.3 is 0 Å². The maximum absolute atomic E-state index is 13.3. The van der Waals surface area contributed by atoms with E-state index < -0.39 is 7.59 Å². The van der Waals surface area contributed by atoms with Gasteiger partial charge in [-0.2, -0.15) is 0 Å². The fourth-order valence-corrected chi connectivity index (χ4v) is 5.09. The van der Waals surface area contributed by atoms with E-state index in [1.807, 2.05) is 35.2 Å². The highest BCUT2D eigenvalue weighted by Gasteiger charge is 2.35. The summed E-state index contributed by atoms with van der Waals surface area (Å²) < 4.78 is 19.3. The Morgan fingerprint density at radius 3 is 1.12 bits per heavy atom. The molecule has 0 aliphatic heterocycles. The standard InChI is InChI=1S/C12H30N3OP/c1-7-10-13(4)17(16,14(5)11-8-2)15(6)12-9-3/h7-12H2,1-6H3. The van der Waals surface area contributed by atoms with Crippen molar-refractivity contribution in [3.63, 3.8) is 0 Å². The van der Waals surface area contributed by atoms with Gasteiger partial charge in [-0.25, -0.2) is 14.0 Å². The maximum Gasteiger partial charge on any atom is 0.286 e. The van der Waals surface area contributed by atoms with Crippen molar-refractivity contribution in [1.29, 1.82) is 0 Å². The van der Waals surface area contributed by atoms with E-state index >= 15 is 0 Å². The second-order valence-corrected chi connectivity index (χ2v) is 7.73. The minimum absolute atomic E-state index is 0.874. The average Bonchev–Trinajstić information content (AvgIpc) is 2.28. The van der Waals surface area contributed by atoms with Gasteiger partial charge in [0, 0.05) is 19.6 Å². The Labute approximate surface area is 107 Å². The van der Waals surface area contributed by atoms with Crippen molar-refractivity contribution in [2.75, 3.05) is 40.8 Å². The lowest BCUT2D eigenvalue weighted by molar-refractivity contribution is 0.319. The summed E-state index contributed by atoms with van der Waals surface area (Å²) in [4.78, 5) is 0. The molecule has 0 N–H and O–H groups in total. The van der Waals surface area contributed by atoms with Gasteiger partial charge in [0.05, 0.1) is 0 Å². The number of hydrogen-bond acceptors (Lipinski definition) is 1. The Hall–Kier alpha value is 0.110. The van der Waals surface area contributed by atoms with Crippen LogP contribution in [-0.2, 0) is 4.57 Å². The Bertz CT molecular complexity index is 210. The molecule has 0 amide bonds. The van der Waals surface area contributed by atoms with Crippen LogP contribution in [0.3, 0.4) is 0 Å². The van der Waals surface area contributed by atoms with Crippen LogP contribution < -0.4 is 0 Å². The van der Waals surface area contributed by atoms with E-state index in [2.05, 4.69) is 20.8 Å². The minimum atomic E-state index is -2.54. The predicted molar refractivity (Wildman–Crippen MR) is 76.4 cm³/mol. The van der Waals surface area contributed by atoms with Gasteiger partial charge in [-0.3, -0.25) is 4.57 Å². The van der Waals surface area contributed by atoms with Crippen LogP contribution in [0.1, 0.15) is 40.0 Å². The maximum atomic E-state index is 13.3. The molecule has 0 spiro atoms. The first-order valence-electron chi connectivity index (χ1n) is 6.69. The van der Waals surface area contributed by atoms with Crippen molar-refractivity contribution in [2.45, 2.75) is 40.0 Å². The summed E-state index contributed by atoms with van der Waals surface area (Å²) in [7, 11) is 3.38. The summed E-state index contributed by atoms with van der Waals surface area (Å²) in [5, 5.41) is 0. The monoisotopic (exact) mass is 263 g/mol. The molecule has 104 valence electrons. The van der Waals surface area contributed by atoms with E-state index in [1.165, 1.54) is 0 Å². The van der Waals surface area contributed by atoms with Gasteiger partial charge in [0.15, 0.2) is 0 Å². The average molecular weight is 263 g/mol. The van der Waals surface area contributed by atoms with E-state index in [9.17, 15) is 4.57 Å². The molecular formula is C12H30N3OP. The van der Waals surface area contributed by atoms with Crippen LogP contribution in [0, 0.1) is 0 Å². The molecular weight excluding hydrogens is 233 g/mol. The summed E-state index contributed by atoms with van der Waals surface area (Å²) in [6.45, 7) is 9.00. The predicted octanol–water partition coefficient (Wildman–Crippen LogP) is 3.12. The van der Waals surface area contributed by atoms with E-state index in [0.717, 1.165) is 38.9 Å². The molecule has 0 unspecified atom stereocenters. The molecule has 0 atom stereocenters. The fourth-order valence-electron chi connectivity index (χ4n) is 2.14. The third-order valence-corrected chi connectivity index (χ3v) is 6.24. The molecule has 17 heavy (non-hydrogen) atoms. The first kappa shape index (κ1) is 17.1. The van der Waals surface area contributed by atoms with E-state index in [-0.39, 0.29) is 0 Å². The molecule has 0 radical (unpaired) electrons. The lowest BCUT2D eigenvalue weighted by Gasteiger charge is -2.40. The lowest BCUT2D eigenvalue weighted by Crippen LogP contribution is -2.37. The first-order valence-corrected chi connectivity index (χ1v) is 8.26. The zero-order chi connectivity index (χ0) is 13.5. The molecule has 0 rings (SSSR count). The van der Waals surface area contributed by atoms with Crippen molar-refractivity contribution in [2.24, 2.45) is 0 Å². The smallest absolute Gasteiger partial charge is 0.270 e. The van der Waals surface area contributed by atoms with Crippen LogP contribution in [0.25, 0.3) is 0 Å². The summed E-state index contributed by atoms with van der Waals surface area (Å²) >= 11 is 0. The SMILES string of the molecule is CCCN(C)P(=O)(N(C)CCC)N(C)CCC. The van der Waals surface area contributed by atoms with Crippen LogP contribution in [0.2, 0.25) is 0 Å². The summed E-state index contributed by atoms with van der Waals surface area (Å²) in [6, 6.07) is 0. The Morgan fingerprint density at radius 2 is 0.941 bits per heavy atom. The van der Waals surface area contributed by atoms with Crippen LogP contribution >= 0.6 is 7.59 Å². The van der Waals surface area contributed by atoms with Gasteiger partial charge in [-0.1, -0.05) is 20.8 Å². The fraction of sp³-hybridized carbons (Fsp3) is 1.00. The van der Waals surface area contributed by atoms with Crippen molar-refractivity contribution >= 4 is 7.59 Å². The molecule has 0 heterocycles. The zero-order valence-corrected chi connectivity index (χ0v) is 13.3. The Morgan fingerprint density at radius 1 is 0.706 bits per heavy atom. The van der Waals surface area contributed by atoms with Gasteiger partial charge in [-0.05, 0) is 40.4 Å². The van der Waals surface area contributed by atoms with Crippen molar-refractivity contribution < 1.29 is 4.57 Å². The highest BCUT2D eigenvalue weighted by molar-refractivity contribution is 7.56. The second-order valence-electron chi connectivity index (χ2n) is 4.66. The van der Waals surface area contributed by atoms with Crippen molar-refractivity contribution in [1.82, 2.24) is 14.0 Å². The Balaban J connectivity index is 4.98. The lowest BCUT2D eigenvalue weighted by atomic mass is 10.5. The molecule has 0 fully saturated rings. The van der Waals surface area contributed by atoms with Crippen LogP contribution in [-0.4, -0.2) is 54.8 Å². The molecule has 0 saturated heterocycles. The minimum Gasteiger partial charge on any atom is -0.270 e. The molecule has 0 aromatic rings. The van der Waals surface area contributed by atoms with Crippen LogP contribution in [0.5, 0.6) is 0 Å². The summed E-state index contributed by atoms with van der Waals surface area (Å²) in [5.41, 5.74) is 0. The van der Waals surface area contributed by atoms with Gasteiger partial charge < -0.3 is 0 Å². The summed E-state index contributed by atoms with van der Waals surface area (Å²) in [6.07, 6.45) is 3.08. The van der Waals surface area contributed by atoms with Gasteiger partial charge in [0.1, 0.15) is 0 Å². The van der Waals surface area contributed by atoms with Gasteiger partial charge in [0.2, 0.25) is 0 Å². The topological polar surface area (TPSA) is 26.8 Å². The van der Waals surface area contributed by atoms with Gasteiger partial charge in [0.25, 0.3) is 7.59 Å². The first-order chi connectivity index (χ1) is 7.94. The van der Waals surface area contributed by atoms with E-state index in [4.69, 9.17) is 0 Å². The number of nitrogens with zero attached hydrogens (tertiary/aromatic N) is 3. The molecule has 0 aromatic heterocycles. The molecule has 0 aliphatic rings. The third kappa shape index (κ3) is 4.36. The number of rotatable bonds is 9. The highest BCUT2D eigenvalue weighted by atomic mass is 31.2. The van der Waals surface area contributed by atoms with Gasteiger partial charge in [-0.15, -0.1) is 0 Å². The third-order valence-electron chi connectivity index (χ3n) is 2.98. The molecule has 0 aromatic carbocycles. The quantitative estimate of drug-likeness (QED) is 0.597. The van der Waals surface area contributed by atoms with E-state index in [1.54, 1.807) is 0 Å². The largest absolute Gasteiger partial charge is 0.286 e.